The van der Waals surface area contributed by atoms with Crippen molar-refractivity contribution in [3.8, 4) is 0 Å². The van der Waals surface area contributed by atoms with Gasteiger partial charge in [-0.1, -0.05) is 0 Å². The Kier molecular flexibility index (Phi) is 5.32. The molecule has 0 fully saturated rings. The number of aromatic nitrogens is 4. The van der Waals surface area contributed by atoms with E-state index in [4.69, 9.17) is 0 Å². The van der Waals surface area contributed by atoms with E-state index in [2.05, 4.69) is 15.2 Å². The molecule has 0 aliphatic heterocycles. The van der Waals surface area contributed by atoms with Gasteiger partial charge >= 0.3 is 12.1 Å². The number of pyridine rings is 2. The third-order valence-electron chi connectivity index (χ3n) is 5.41. The van der Waals surface area contributed by atoms with E-state index in [-0.39, 0.29) is 12.3 Å². The number of aryl methyl sites for hydroxylation is 2. The molecule has 0 amide bonds. The predicted octanol–water partition coefficient (Wildman–Crippen LogP) is 3.49. The predicted molar refractivity (Wildman–Crippen MR) is 101 cm³/mol. The van der Waals surface area contributed by atoms with Gasteiger partial charge in [-0.2, -0.15) is 13.2 Å². The van der Waals surface area contributed by atoms with Gasteiger partial charge in [0.05, 0.1) is 12.0 Å². The van der Waals surface area contributed by atoms with Crippen molar-refractivity contribution in [1.29, 1.82) is 0 Å². The Morgan fingerprint density at radius 2 is 1.90 bits per heavy atom. The molecule has 0 saturated carbocycles. The molecule has 30 heavy (non-hydrogen) atoms. The molecule has 10 heteroatoms. The number of hydrogen-bond acceptors (Lipinski definition) is 5. The summed E-state index contributed by atoms with van der Waals surface area (Å²) in [5.41, 5.74) is 1.19. The molecule has 0 aromatic carbocycles. The lowest BCUT2D eigenvalue weighted by Crippen LogP contribution is -2.33. The number of aliphatic hydroxyl groups excluding tert-OH is 1. The van der Waals surface area contributed by atoms with E-state index in [0.717, 1.165) is 9.96 Å². The summed E-state index contributed by atoms with van der Waals surface area (Å²) in [6.45, 7) is 6.14. The molecular weight excluding hydrogens is 401 g/mol. The lowest BCUT2D eigenvalue weighted by molar-refractivity contribution is -0.147. The van der Waals surface area contributed by atoms with Crippen LogP contribution in [0.3, 0.4) is 0 Å². The number of aliphatic carboxylic acids is 1. The summed E-state index contributed by atoms with van der Waals surface area (Å²) in [5.74, 6) is -3.06. The summed E-state index contributed by atoms with van der Waals surface area (Å²) in [7, 11) is 0. The van der Waals surface area contributed by atoms with E-state index in [9.17, 15) is 28.2 Å². The molecule has 160 valence electrons. The van der Waals surface area contributed by atoms with E-state index in [1.165, 1.54) is 26.1 Å². The second-order valence-electron chi connectivity index (χ2n) is 7.76. The van der Waals surface area contributed by atoms with Crippen LogP contribution in [0, 0.1) is 19.3 Å². The summed E-state index contributed by atoms with van der Waals surface area (Å²) >= 11 is 0. The fraction of sp³-hybridized carbons (Fsp3) is 0.400. The third-order valence-corrected chi connectivity index (χ3v) is 5.41. The minimum absolute atomic E-state index is 0.0134. The molecule has 7 nitrogen and oxygen atoms in total. The van der Waals surface area contributed by atoms with Crippen molar-refractivity contribution in [2.75, 3.05) is 0 Å². The molecule has 3 aromatic heterocycles. The highest BCUT2D eigenvalue weighted by molar-refractivity contribution is 5.76. The zero-order valence-electron chi connectivity index (χ0n) is 16.8. The van der Waals surface area contributed by atoms with Gasteiger partial charge in [-0.05, 0) is 62.1 Å². The summed E-state index contributed by atoms with van der Waals surface area (Å²) < 4.78 is 40.4. The van der Waals surface area contributed by atoms with Gasteiger partial charge < -0.3 is 10.2 Å². The van der Waals surface area contributed by atoms with E-state index in [1.54, 1.807) is 26.1 Å². The number of carboxylic acid groups (broad SMARTS) is 1. The number of rotatable bonds is 5. The Morgan fingerprint density at radius 1 is 1.23 bits per heavy atom. The molecule has 0 saturated heterocycles. The number of fused-ring (bicyclic) bond motifs is 1. The highest BCUT2D eigenvalue weighted by Gasteiger charge is 2.42. The van der Waals surface area contributed by atoms with Crippen LogP contribution in [0.1, 0.15) is 53.5 Å². The van der Waals surface area contributed by atoms with E-state index in [0.29, 0.717) is 22.4 Å². The molecule has 3 aromatic rings. The largest absolute Gasteiger partial charge is 0.481 e. The maximum atomic E-state index is 13.2. The van der Waals surface area contributed by atoms with Gasteiger partial charge in [0.2, 0.25) is 5.82 Å². The number of carbonyl (C=O) groups is 1. The Balaban J connectivity index is 2.28. The fourth-order valence-corrected chi connectivity index (χ4v) is 3.56. The van der Waals surface area contributed by atoms with Gasteiger partial charge in [-0.15, -0.1) is 10.2 Å². The summed E-state index contributed by atoms with van der Waals surface area (Å²) in [6.07, 6.45) is -1.95. The topological polar surface area (TPSA) is 101 Å². The zero-order chi connectivity index (χ0) is 22.4. The van der Waals surface area contributed by atoms with Crippen LogP contribution in [-0.2, 0) is 17.6 Å². The second kappa shape index (κ2) is 7.35. The maximum absolute atomic E-state index is 13.2. The average Bonchev–Trinajstić information content (AvgIpc) is 3.10. The molecule has 3 rings (SSSR count). The van der Waals surface area contributed by atoms with Crippen molar-refractivity contribution in [1.82, 2.24) is 19.6 Å². The van der Waals surface area contributed by atoms with Gasteiger partial charge in [-0.3, -0.25) is 14.2 Å². The zero-order valence-corrected chi connectivity index (χ0v) is 16.8. The molecule has 0 spiro atoms. The van der Waals surface area contributed by atoms with Crippen LogP contribution in [0.5, 0.6) is 0 Å². The second-order valence-corrected chi connectivity index (χ2v) is 7.76. The number of hydrogen-bond donors (Lipinski definition) is 2. The Morgan fingerprint density at radius 3 is 2.47 bits per heavy atom. The number of carboxylic acids is 1. The van der Waals surface area contributed by atoms with Gasteiger partial charge in [0.1, 0.15) is 0 Å². The quantitative estimate of drug-likeness (QED) is 0.653. The van der Waals surface area contributed by atoms with E-state index < -0.39 is 29.3 Å². The van der Waals surface area contributed by atoms with Gasteiger partial charge in [0, 0.05) is 24.0 Å². The number of aliphatic hydroxyl groups is 1. The highest BCUT2D eigenvalue weighted by atomic mass is 19.4. The lowest BCUT2D eigenvalue weighted by atomic mass is 9.72. The minimum atomic E-state index is -4.68. The van der Waals surface area contributed by atoms with Crippen LogP contribution < -0.4 is 0 Å². The molecule has 0 aliphatic rings. The van der Waals surface area contributed by atoms with Crippen molar-refractivity contribution in [2.45, 2.75) is 46.4 Å². The molecule has 2 N–H and O–H groups in total. The van der Waals surface area contributed by atoms with Crippen molar-refractivity contribution < 1.29 is 28.2 Å². The Labute approximate surface area is 170 Å². The Bertz CT molecular complexity index is 1120. The summed E-state index contributed by atoms with van der Waals surface area (Å²) in [6, 6.07) is 3.07. The first-order valence-corrected chi connectivity index (χ1v) is 9.10. The van der Waals surface area contributed by atoms with Crippen LogP contribution in [0.25, 0.3) is 5.65 Å². The average molecular weight is 422 g/mol. The molecule has 0 aliphatic carbocycles. The van der Waals surface area contributed by atoms with Crippen LogP contribution in [0.15, 0.2) is 24.5 Å². The van der Waals surface area contributed by atoms with Crippen LogP contribution >= 0.6 is 0 Å². The molecule has 0 unspecified atom stereocenters. The van der Waals surface area contributed by atoms with Gasteiger partial charge in [0.25, 0.3) is 0 Å². The molecule has 0 radical (unpaired) electrons. The number of halogens is 3. The smallest absolute Gasteiger partial charge is 0.452 e. The Hall–Kier alpha value is -3.01. The van der Waals surface area contributed by atoms with Crippen LogP contribution in [-0.4, -0.2) is 35.8 Å². The lowest BCUT2D eigenvalue weighted by Gasteiger charge is -2.32. The first-order chi connectivity index (χ1) is 13.9. The highest BCUT2D eigenvalue weighted by Crippen LogP contribution is 2.43. The van der Waals surface area contributed by atoms with Crippen LogP contribution in [0.2, 0.25) is 0 Å². The SMILES string of the molecule is Cc1cnc([C@@H](c2ccn3c(C(F)(F)F)nnc3c2C)C(C)(C)C(=O)O)cc1CO. The standard InChI is InChI=1S/C20H21F3N4O3/c1-10-8-24-14(7-12(10)9-28)15(19(3,4)18(29)30)13-5-6-27-16(11(13)2)25-26-17(27)20(21,22)23/h5-8,15,28H,9H2,1-4H3,(H,29,30)/t15-/m1/s1. The number of nitrogens with zero attached hydrogens (tertiary/aromatic N) is 4. The fourth-order valence-electron chi connectivity index (χ4n) is 3.56. The van der Waals surface area contributed by atoms with Crippen molar-refractivity contribution in [2.24, 2.45) is 5.41 Å². The van der Waals surface area contributed by atoms with Gasteiger partial charge in [-0.25, -0.2) is 0 Å². The van der Waals surface area contributed by atoms with Crippen molar-refractivity contribution in [3.05, 3.63) is 58.3 Å². The molecule has 1 atom stereocenters. The monoisotopic (exact) mass is 422 g/mol. The normalized spacial score (nSPS) is 13.6. The third kappa shape index (κ3) is 3.51. The summed E-state index contributed by atoms with van der Waals surface area (Å²) in [5, 5.41) is 26.4. The molecule has 0 bridgehead atoms. The minimum Gasteiger partial charge on any atom is -0.481 e. The van der Waals surface area contributed by atoms with Crippen LogP contribution in [0.4, 0.5) is 13.2 Å². The summed E-state index contributed by atoms with van der Waals surface area (Å²) in [4.78, 5) is 16.5. The van der Waals surface area contributed by atoms with E-state index >= 15 is 0 Å². The van der Waals surface area contributed by atoms with E-state index in [1.807, 2.05) is 0 Å². The first kappa shape index (κ1) is 21.7. The molecule has 3 heterocycles. The molecular formula is C20H21F3N4O3. The maximum Gasteiger partial charge on any atom is 0.452 e. The number of alkyl halides is 3. The van der Waals surface area contributed by atoms with Crippen molar-refractivity contribution in [3.63, 3.8) is 0 Å². The first-order valence-electron chi connectivity index (χ1n) is 9.10. The van der Waals surface area contributed by atoms with Crippen molar-refractivity contribution >= 4 is 11.6 Å². The van der Waals surface area contributed by atoms with Gasteiger partial charge in [0.15, 0.2) is 5.65 Å².